The fraction of sp³-hybridized carbons (Fsp3) is 0.600. The molecule has 0 spiro atoms. The van der Waals surface area contributed by atoms with E-state index in [2.05, 4.69) is 65.0 Å². The van der Waals surface area contributed by atoms with Crippen molar-refractivity contribution in [1.82, 2.24) is 0 Å². The predicted octanol–water partition coefficient (Wildman–Crippen LogP) is 5.02. The van der Waals surface area contributed by atoms with E-state index < -0.39 is 8.15 Å². The minimum absolute atomic E-state index is 0.110. The van der Waals surface area contributed by atoms with E-state index in [1.165, 1.54) is 16.7 Å². The molecule has 0 radical (unpaired) electrons. The van der Waals surface area contributed by atoms with Crippen molar-refractivity contribution in [2.45, 2.75) is 51.4 Å². The van der Waals surface area contributed by atoms with Crippen LogP contribution in [0.2, 0.25) is 0 Å². The van der Waals surface area contributed by atoms with E-state index in [0.717, 1.165) is 0 Å². The zero-order valence-corrected chi connectivity index (χ0v) is 16.7. The topological polar surface area (TPSA) is 27.7 Å². The lowest BCUT2D eigenvalue weighted by Gasteiger charge is -2.26. The zero-order chi connectivity index (χ0) is 17.7. The molecule has 1 aromatic carbocycles. The van der Waals surface area contributed by atoms with E-state index in [9.17, 15) is 0 Å². The van der Waals surface area contributed by atoms with Crippen LogP contribution in [0.15, 0.2) is 35.9 Å². The van der Waals surface area contributed by atoms with Crippen molar-refractivity contribution < 1.29 is 14.0 Å². The van der Waals surface area contributed by atoms with Crippen LogP contribution in [0.1, 0.15) is 38.8 Å². The smallest absolute Gasteiger partial charge is 0.146 e. The monoisotopic (exact) mass is 350 g/mol. The molecule has 1 aliphatic rings. The van der Waals surface area contributed by atoms with Gasteiger partial charge in [0.25, 0.3) is 0 Å². The van der Waals surface area contributed by atoms with Crippen LogP contribution in [-0.4, -0.2) is 38.4 Å². The summed E-state index contributed by atoms with van der Waals surface area (Å²) in [7, 11) is 1.25. The van der Waals surface area contributed by atoms with E-state index >= 15 is 0 Å². The molecule has 0 fully saturated rings. The van der Waals surface area contributed by atoms with Crippen molar-refractivity contribution >= 4 is 8.15 Å². The Morgan fingerprint density at radius 3 is 2.21 bits per heavy atom. The molecule has 0 bridgehead atoms. The van der Waals surface area contributed by atoms with Crippen LogP contribution < -0.4 is 0 Å². The van der Waals surface area contributed by atoms with Gasteiger partial charge in [0.1, 0.15) is 6.79 Å². The average Bonchev–Trinajstić information content (AvgIpc) is 3.22. The lowest BCUT2D eigenvalue weighted by molar-refractivity contribution is -0.0370. The number of ether oxygens (including phenoxy) is 2. The summed E-state index contributed by atoms with van der Waals surface area (Å²) in [5.74, 6) is 0. The third-order valence-corrected chi connectivity index (χ3v) is 6.86. The summed E-state index contributed by atoms with van der Waals surface area (Å²) in [5, 5.41) is 0. The highest BCUT2D eigenvalue weighted by Crippen LogP contribution is 2.52. The number of benzene rings is 1. The normalized spacial score (nSPS) is 20.1. The Kier molecular flexibility index (Phi) is 7.00. The van der Waals surface area contributed by atoms with Crippen molar-refractivity contribution in [3.63, 3.8) is 0 Å². The first-order valence-corrected chi connectivity index (χ1v) is 10.1. The summed E-state index contributed by atoms with van der Waals surface area (Å²) in [6, 6.07) is 8.71. The largest absolute Gasteiger partial charge is 0.359 e. The second kappa shape index (κ2) is 8.58. The van der Waals surface area contributed by atoms with Gasteiger partial charge in [0.2, 0.25) is 0 Å². The van der Waals surface area contributed by atoms with Gasteiger partial charge in [0.15, 0.2) is 0 Å². The first-order chi connectivity index (χ1) is 11.4. The first-order valence-electron chi connectivity index (χ1n) is 8.68. The molecule has 0 heterocycles. The molecule has 1 aliphatic carbocycles. The summed E-state index contributed by atoms with van der Waals surface area (Å²) >= 11 is 0. The Hall–Kier alpha value is -0.730. The summed E-state index contributed by atoms with van der Waals surface area (Å²) in [5.41, 5.74) is 4.93. The average molecular weight is 350 g/mol. The number of hydrogen-bond donors (Lipinski definition) is 0. The Labute approximate surface area is 148 Å². The van der Waals surface area contributed by atoms with Gasteiger partial charge in [-0.1, -0.05) is 63.6 Å². The SMILES string of the molecule is COCOCC1(c2ccc(C)cc2)C=C1COP(C(C)C)C(C)C. The molecule has 0 N–H and O–H groups in total. The lowest BCUT2D eigenvalue weighted by Crippen LogP contribution is -2.22. The Morgan fingerprint density at radius 1 is 1.04 bits per heavy atom. The van der Waals surface area contributed by atoms with Crippen LogP contribution >= 0.6 is 8.15 Å². The fourth-order valence-corrected chi connectivity index (χ4v) is 5.17. The maximum absolute atomic E-state index is 6.31. The van der Waals surface area contributed by atoms with Crippen molar-refractivity contribution in [2.24, 2.45) is 0 Å². The summed E-state index contributed by atoms with van der Waals surface area (Å²) in [6.07, 6.45) is 2.29. The molecule has 4 heteroatoms. The van der Waals surface area contributed by atoms with E-state index in [0.29, 0.717) is 31.3 Å². The number of aryl methyl sites for hydroxylation is 1. The maximum Gasteiger partial charge on any atom is 0.146 e. The fourth-order valence-electron chi connectivity index (χ4n) is 3.09. The molecule has 1 atom stereocenters. The quantitative estimate of drug-likeness (QED) is 0.256. The zero-order valence-electron chi connectivity index (χ0n) is 15.8. The summed E-state index contributed by atoms with van der Waals surface area (Å²) < 4.78 is 17.1. The molecule has 3 nitrogen and oxygen atoms in total. The second-order valence-electron chi connectivity index (χ2n) is 7.08. The molecule has 0 amide bonds. The van der Waals surface area contributed by atoms with E-state index in [4.69, 9.17) is 14.0 Å². The minimum atomic E-state index is -0.409. The Balaban J connectivity index is 2.04. The lowest BCUT2D eigenvalue weighted by atomic mass is 9.91. The van der Waals surface area contributed by atoms with E-state index in [1.807, 2.05) is 0 Å². The number of rotatable bonds is 10. The molecule has 1 aromatic rings. The van der Waals surface area contributed by atoms with Gasteiger partial charge in [-0.25, -0.2) is 0 Å². The minimum Gasteiger partial charge on any atom is -0.359 e. The van der Waals surface area contributed by atoms with Gasteiger partial charge in [0, 0.05) is 15.3 Å². The predicted molar refractivity (Wildman–Crippen MR) is 102 cm³/mol. The van der Waals surface area contributed by atoms with Gasteiger partial charge in [-0.2, -0.15) is 0 Å². The molecule has 24 heavy (non-hydrogen) atoms. The highest BCUT2D eigenvalue weighted by atomic mass is 31.1. The van der Waals surface area contributed by atoms with Gasteiger partial charge >= 0.3 is 0 Å². The van der Waals surface area contributed by atoms with Crippen LogP contribution in [0, 0.1) is 6.92 Å². The first kappa shape index (κ1) is 19.6. The molecular formula is C20H31O3P. The number of methoxy groups -OCH3 is 1. The summed E-state index contributed by atoms with van der Waals surface area (Å²) in [4.78, 5) is 0. The van der Waals surface area contributed by atoms with Gasteiger partial charge in [0.05, 0.1) is 18.6 Å². The highest BCUT2D eigenvalue weighted by Gasteiger charge is 2.46. The van der Waals surface area contributed by atoms with Crippen LogP contribution in [0.25, 0.3) is 0 Å². The molecule has 0 saturated heterocycles. The van der Waals surface area contributed by atoms with Crippen LogP contribution in [0.3, 0.4) is 0 Å². The molecule has 2 rings (SSSR count). The Morgan fingerprint density at radius 2 is 1.67 bits per heavy atom. The van der Waals surface area contributed by atoms with Crippen LogP contribution in [0.5, 0.6) is 0 Å². The van der Waals surface area contributed by atoms with Gasteiger partial charge in [-0.15, -0.1) is 0 Å². The molecule has 0 saturated carbocycles. The molecule has 0 aromatic heterocycles. The van der Waals surface area contributed by atoms with Crippen LogP contribution in [-0.2, 0) is 19.4 Å². The second-order valence-corrected chi connectivity index (χ2v) is 10.1. The molecule has 0 aliphatic heterocycles. The van der Waals surface area contributed by atoms with Gasteiger partial charge in [-0.05, 0) is 29.4 Å². The molecule has 1 unspecified atom stereocenters. The molecule has 134 valence electrons. The van der Waals surface area contributed by atoms with E-state index in [1.54, 1.807) is 7.11 Å². The van der Waals surface area contributed by atoms with Crippen molar-refractivity contribution in [1.29, 1.82) is 0 Å². The van der Waals surface area contributed by atoms with E-state index in [-0.39, 0.29) is 5.41 Å². The third-order valence-electron chi connectivity index (χ3n) is 4.39. The maximum atomic E-state index is 6.31. The van der Waals surface area contributed by atoms with Crippen molar-refractivity contribution in [3.05, 3.63) is 47.0 Å². The number of hydrogen-bond acceptors (Lipinski definition) is 3. The van der Waals surface area contributed by atoms with Crippen molar-refractivity contribution in [3.8, 4) is 0 Å². The van der Waals surface area contributed by atoms with Crippen LogP contribution in [0.4, 0.5) is 0 Å². The van der Waals surface area contributed by atoms with Crippen molar-refractivity contribution in [2.75, 3.05) is 27.1 Å². The Bertz CT molecular complexity index is 543. The summed E-state index contributed by atoms with van der Waals surface area (Å²) in [6.45, 7) is 12.8. The third kappa shape index (κ3) is 4.67. The standard InChI is InChI=1S/C20H31O3P/c1-15(2)24(16(3)4)23-12-19-11-20(19,13-22-14-21-6)18-9-7-17(5)8-10-18/h7-11,15-16H,12-14H2,1-6H3. The highest BCUT2D eigenvalue weighted by molar-refractivity contribution is 7.54. The van der Waals surface area contributed by atoms with Gasteiger partial charge in [-0.3, -0.25) is 0 Å². The molecular weight excluding hydrogens is 319 g/mol. The van der Waals surface area contributed by atoms with Gasteiger partial charge < -0.3 is 14.0 Å².